The summed E-state index contributed by atoms with van der Waals surface area (Å²) >= 11 is 5.78. The van der Waals surface area contributed by atoms with E-state index in [2.05, 4.69) is 4.74 Å². The van der Waals surface area contributed by atoms with Crippen LogP contribution in [0.1, 0.15) is 15.9 Å². The molecule has 0 N–H and O–H groups in total. The van der Waals surface area contributed by atoms with Crippen LogP contribution in [0.15, 0.2) is 42.5 Å². The van der Waals surface area contributed by atoms with Gasteiger partial charge in [0.1, 0.15) is 5.82 Å². The van der Waals surface area contributed by atoms with Crippen molar-refractivity contribution in [3.63, 3.8) is 0 Å². The van der Waals surface area contributed by atoms with Crippen molar-refractivity contribution in [1.82, 2.24) is 0 Å². The highest BCUT2D eigenvalue weighted by Crippen LogP contribution is 2.20. The molecular weight excluding hydrogens is 345 g/mol. The molecule has 0 heterocycles. The molecule has 7 heteroatoms. The van der Waals surface area contributed by atoms with Crippen LogP contribution in [0.2, 0.25) is 5.02 Å². The second-order valence-electron chi connectivity index (χ2n) is 4.63. The van der Waals surface area contributed by atoms with Gasteiger partial charge in [0, 0.05) is 17.2 Å². The first-order chi connectivity index (χ1) is 11.4. The maximum absolute atomic E-state index is 13.5. The average Bonchev–Trinajstić information content (AvgIpc) is 2.54. The number of Topliss-reactive ketones (excluding diaryl/α,β-unsaturated/α-hetero) is 1. The lowest BCUT2D eigenvalue weighted by Gasteiger charge is -2.03. The predicted molar refractivity (Wildman–Crippen MR) is 82.1 cm³/mol. The lowest BCUT2D eigenvalue weighted by atomic mass is 10.1. The molecule has 124 valence electrons. The Morgan fingerprint density at radius 1 is 1.04 bits per heavy atom. The second-order valence-corrected chi connectivity index (χ2v) is 5.04. The number of hydrogen-bond acceptors (Lipinski definition) is 3. The van der Waals surface area contributed by atoms with Crippen molar-refractivity contribution in [3.05, 3.63) is 76.1 Å². The molecule has 2 aromatic carbocycles. The van der Waals surface area contributed by atoms with Crippen molar-refractivity contribution in [3.8, 4) is 0 Å². The lowest BCUT2D eigenvalue weighted by Crippen LogP contribution is -2.13. The Bertz CT molecular complexity index is 798. The van der Waals surface area contributed by atoms with Crippen LogP contribution in [0.25, 0.3) is 6.08 Å². The molecule has 0 saturated heterocycles. The zero-order valence-corrected chi connectivity index (χ0v) is 12.8. The highest BCUT2D eigenvalue weighted by Gasteiger charge is 2.12. The highest BCUT2D eigenvalue weighted by molar-refractivity contribution is 6.32. The molecule has 0 saturated carbocycles. The Kier molecular flexibility index (Phi) is 5.76. The minimum atomic E-state index is -1.18. The van der Waals surface area contributed by atoms with Gasteiger partial charge < -0.3 is 4.74 Å². The molecule has 0 radical (unpaired) electrons. The van der Waals surface area contributed by atoms with E-state index in [0.29, 0.717) is 6.07 Å². The van der Waals surface area contributed by atoms with E-state index in [4.69, 9.17) is 11.6 Å². The Hall–Kier alpha value is -2.60. The van der Waals surface area contributed by atoms with Crippen LogP contribution in [0, 0.1) is 17.5 Å². The Balaban J connectivity index is 1.96. The molecule has 0 aliphatic heterocycles. The van der Waals surface area contributed by atoms with E-state index in [0.717, 1.165) is 24.3 Å². The normalized spacial score (nSPS) is 10.8. The third-order valence-corrected chi connectivity index (χ3v) is 3.30. The molecule has 0 aromatic heterocycles. The molecule has 24 heavy (non-hydrogen) atoms. The summed E-state index contributed by atoms with van der Waals surface area (Å²) in [5, 5.41) is 0.108. The zero-order chi connectivity index (χ0) is 17.7. The number of halogens is 4. The maximum Gasteiger partial charge on any atom is 0.331 e. The molecule has 0 atom stereocenters. The van der Waals surface area contributed by atoms with Crippen LogP contribution in [0.3, 0.4) is 0 Å². The highest BCUT2D eigenvalue weighted by atomic mass is 35.5. The average molecular weight is 355 g/mol. The number of ketones is 1. The fraction of sp³-hybridized carbons (Fsp3) is 0.0588. The minimum absolute atomic E-state index is 0.00282. The summed E-state index contributed by atoms with van der Waals surface area (Å²) in [4.78, 5) is 23.3. The molecule has 0 aliphatic carbocycles. The number of hydrogen-bond donors (Lipinski definition) is 0. The van der Waals surface area contributed by atoms with Gasteiger partial charge in [0.05, 0.1) is 5.02 Å². The zero-order valence-electron chi connectivity index (χ0n) is 12.1. The van der Waals surface area contributed by atoms with Gasteiger partial charge in [0.15, 0.2) is 24.0 Å². The van der Waals surface area contributed by atoms with Crippen LogP contribution >= 0.6 is 11.6 Å². The van der Waals surface area contributed by atoms with Gasteiger partial charge in [-0.3, -0.25) is 4.79 Å². The van der Waals surface area contributed by atoms with Crippen molar-refractivity contribution in [2.75, 3.05) is 6.61 Å². The standard InChI is InChI=1S/C17H10ClF3O3/c18-12-2-1-3-13(19)11(12)5-7-17(23)24-9-16(22)10-4-6-14(20)15(21)8-10/h1-8H,9H2/b7-5+. The van der Waals surface area contributed by atoms with Gasteiger partial charge in [-0.25, -0.2) is 18.0 Å². The van der Waals surface area contributed by atoms with E-state index in [9.17, 15) is 22.8 Å². The molecule has 0 fully saturated rings. The molecule has 0 spiro atoms. The molecule has 0 unspecified atom stereocenters. The fourth-order valence-corrected chi connectivity index (χ4v) is 1.99. The summed E-state index contributed by atoms with van der Waals surface area (Å²) in [6.07, 6.45) is 2.02. The van der Waals surface area contributed by atoms with Crippen molar-refractivity contribution in [2.45, 2.75) is 0 Å². The first kappa shape index (κ1) is 17.7. The van der Waals surface area contributed by atoms with E-state index >= 15 is 0 Å². The summed E-state index contributed by atoms with van der Waals surface area (Å²) in [5.74, 6) is -4.51. The second kappa shape index (κ2) is 7.79. The first-order valence-electron chi connectivity index (χ1n) is 6.65. The number of benzene rings is 2. The van der Waals surface area contributed by atoms with Gasteiger partial charge in [-0.15, -0.1) is 0 Å². The van der Waals surface area contributed by atoms with Crippen LogP contribution in [0.4, 0.5) is 13.2 Å². The predicted octanol–water partition coefficient (Wildman–Crippen LogP) is 4.20. The van der Waals surface area contributed by atoms with Gasteiger partial charge in [0.2, 0.25) is 0 Å². The van der Waals surface area contributed by atoms with E-state index < -0.39 is 35.8 Å². The van der Waals surface area contributed by atoms with Gasteiger partial charge in [-0.05, 0) is 36.4 Å². The van der Waals surface area contributed by atoms with Crippen LogP contribution in [0.5, 0.6) is 0 Å². The topological polar surface area (TPSA) is 43.4 Å². The van der Waals surface area contributed by atoms with Gasteiger partial charge in [0.25, 0.3) is 0 Å². The third-order valence-electron chi connectivity index (χ3n) is 2.97. The number of esters is 1. The van der Waals surface area contributed by atoms with Crippen molar-refractivity contribution in [1.29, 1.82) is 0 Å². The smallest absolute Gasteiger partial charge is 0.331 e. The number of ether oxygens (including phenoxy) is 1. The monoisotopic (exact) mass is 354 g/mol. The first-order valence-corrected chi connectivity index (χ1v) is 7.03. The van der Waals surface area contributed by atoms with Crippen molar-refractivity contribution in [2.24, 2.45) is 0 Å². The van der Waals surface area contributed by atoms with E-state index in [-0.39, 0.29) is 16.1 Å². The summed E-state index contributed by atoms with van der Waals surface area (Å²) in [6, 6.07) is 6.61. The Morgan fingerprint density at radius 3 is 2.46 bits per heavy atom. The SMILES string of the molecule is O=C(/C=C/c1c(F)cccc1Cl)OCC(=O)c1ccc(F)c(F)c1. The maximum atomic E-state index is 13.5. The molecule has 0 aliphatic rings. The molecular formula is C17H10ClF3O3. The lowest BCUT2D eigenvalue weighted by molar-refractivity contribution is -0.136. The molecule has 0 amide bonds. The van der Waals surface area contributed by atoms with Crippen molar-refractivity contribution >= 4 is 29.4 Å². The van der Waals surface area contributed by atoms with Gasteiger partial charge in [-0.2, -0.15) is 0 Å². The van der Waals surface area contributed by atoms with Crippen LogP contribution < -0.4 is 0 Å². The van der Waals surface area contributed by atoms with Gasteiger partial charge >= 0.3 is 5.97 Å². The van der Waals surface area contributed by atoms with E-state index in [1.165, 1.54) is 18.2 Å². The molecule has 2 aromatic rings. The number of carbonyl (C=O) groups excluding carboxylic acids is 2. The number of rotatable bonds is 5. The van der Waals surface area contributed by atoms with Gasteiger partial charge in [-0.1, -0.05) is 17.7 Å². The van der Waals surface area contributed by atoms with E-state index in [1.54, 1.807) is 0 Å². The minimum Gasteiger partial charge on any atom is -0.454 e. The van der Waals surface area contributed by atoms with E-state index in [1.807, 2.05) is 0 Å². The third kappa shape index (κ3) is 4.45. The largest absolute Gasteiger partial charge is 0.454 e. The number of carbonyl (C=O) groups is 2. The summed E-state index contributed by atoms with van der Waals surface area (Å²) in [7, 11) is 0. The van der Waals surface area contributed by atoms with Crippen LogP contribution in [-0.2, 0) is 9.53 Å². The van der Waals surface area contributed by atoms with Crippen molar-refractivity contribution < 1.29 is 27.5 Å². The molecule has 0 bridgehead atoms. The van der Waals surface area contributed by atoms with Crippen LogP contribution in [-0.4, -0.2) is 18.4 Å². The Morgan fingerprint density at radius 2 is 1.79 bits per heavy atom. The molecule has 2 rings (SSSR count). The Labute approximate surface area is 140 Å². The summed E-state index contributed by atoms with van der Waals surface area (Å²) in [6.45, 7) is -0.667. The summed E-state index contributed by atoms with van der Waals surface area (Å²) in [5.41, 5.74) is -0.133. The summed E-state index contributed by atoms with van der Waals surface area (Å²) < 4.78 is 44.0. The quantitative estimate of drug-likeness (QED) is 0.459. The fourth-order valence-electron chi connectivity index (χ4n) is 1.76. The molecule has 3 nitrogen and oxygen atoms in total.